The third-order valence-electron chi connectivity index (χ3n) is 5.36. The third-order valence-corrected chi connectivity index (χ3v) is 5.36. The molecule has 0 aromatic heterocycles. The first-order valence-electron chi connectivity index (χ1n) is 12.2. The number of ether oxygens (including phenoxy) is 2. The minimum absolute atomic E-state index is 0.178. The standard InChI is InChI=1S/C27H37N3O5/c28-24(16-9-11-19-30-27(33)35-21-23-14-6-2-7-15-23)26(32)29-18-10-3-8-17-25(31)34-20-22-12-4-1-5-13-22/h1-2,4-7,12-15,24H,3,8-11,16-21,28H2,(H,29,32)(H,30,33)/t24-/m0/s1. The topological polar surface area (TPSA) is 120 Å². The maximum atomic E-state index is 12.1. The van der Waals surface area contributed by atoms with E-state index in [2.05, 4.69) is 10.6 Å². The Bertz CT molecular complexity index is 877. The van der Waals surface area contributed by atoms with Gasteiger partial charge in [0.1, 0.15) is 13.2 Å². The van der Waals surface area contributed by atoms with Crippen LogP contribution >= 0.6 is 0 Å². The molecule has 0 saturated heterocycles. The van der Waals surface area contributed by atoms with E-state index in [-0.39, 0.29) is 18.5 Å². The molecule has 190 valence electrons. The van der Waals surface area contributed by atoms with E-state index in [0.717, 1.165) is 36.8 Å². The summed E-state index contributed by atoms with van der Waals surface area (Å²) in [5.41, 5.74) is 7.85. The molecule has 0 bridgehead atoms. The zero-order valence-electron chi connectivity index (χ0n) is 20.2. The third kappa shape index (κ3) is 13.2. The molecule has 2 amide bonds. The number of hydrogen-bond acceptors (Lipinski definition) is 6. The van der Waals surface area contributed by atoms with Crippen LogP contribution in [-0.2, 0) is 32.3 Å². The SMILES string of the molecule is N[C@@H](CCCCNC(=O)OCc1ccccc1)C(=O)NCCCCCC(=O)OCc1ccccc1. The van der Waals surface area contributed by atoms with Crippen LogP contribution in [0.25, 0.3) is 0 Å². The summed E-state index contributed by atoms with van der Waals surface area (Å²) < 4.78 is 10.4. The van der Waals surface area contributed by atoms with Crippen LogP contribution in [-0.4, -0.2) is 37.1 Å². The molecular formula is C27H37N3O5. The summed E-state index contributed by atoms with van der Waals surface area (Å²) in [5.74, 6) is -0.388. The molecule has 0 saturated carbocycles. The molecule has 0 aliphatic heterocycles. The van der Waals surface area contributed by atoms with E-state index in [1.165, 1.54) is 0 Å². The fourth-order valence-corrected chi connectivity index (χ4v) is 3.31. The maximum Gasteiger partial charge on any atom is 0.407 e. The summed E-state index contributed by atoms with van der Waals surface area (Å²) in [5, 5.41) is 5.54. The monoisotopic (exact) mass is 483 g/mol. The highest BCUT2D eigenvalue weighted by molar-refractivity contribution is 5.81. The molecule has 2 aromatic carbocycles. The van der Waals surface area contributed by atoms with Crippen molar-refractivity contribution in [2.45, 2.75) is 64.2 Å². The fourth-order valence-electron chi connectivity index (χ4n) is 3.31. The van der Waals surface area contributed by atoms with Crippen LogP contribution in [0.2, 0.25) is 0 Å². The van der Waals surface area contributed by atoms with E-state index in [9.17, 15) is 14.4 Å². The molecule has 0 radical (unpaired) electrons. The number of carbonyl (C=O) groups excluding carboxylic acids is 3. The van der Waals surface area contributed by atoms with Gasteiger partial charge >= 0.3 is 12.1 Å². The number of hydrogen-bond donors (Lipinski definition) is 3. The van der Waals surface area contributed by atoms with Crippen LogP contribution in [0.5, 0.6) is 0 Å². The number of nitrogens with two attached hydrogens (primary N) is 1. The first-order chi connectivity index (χ1) is 17.0. The van der Waals surface area contributed by atoms with E-state index in [0.29, 0.717) is 39.0 Å². The second-order valence-corrected chi connectivity index (χ2v) is 8.34. The van der Waals surface area contributed by atoms with Crippen molar-refractivity contribution in [2.24, 2.45) is 5.73 Å². The Labute approximate surface area is 207 Å². The Balaban J connectivity index is 1.40. The molecule has 0 fully saturated rings. The summed E-state index contributed by atoms with van der Waals surface area (Å²) in [7, 11) is 0. The van der Waals surface area contributed by atoms with Crippen LogP contribution < -0.4 is 16.4 Å². The molecule has 2 rings (SSSR count). The molecule has 0 unspecified atom stereocenters. The predicted octanol–water partition coefficient (Wildman–Crippen LogP) is 3.83. The van der Waals surface area contributed by atoms with Gasteiger partial charge in [-0.25, -0.2) is 4.79 Å². The normalized spacial score (nSPS) is 11.3. The highest BCUT2D eigenvalue weighted by Gasteiger charge is 2.12. The number of carbonyl (C=O) groups is 3. The molecule has 35 heavy (non-hydrogen) atoms. The van der Waals surface area contributed by atoms with E-state index in [1.807, 2.05) is 60.7 Å². The van der Waals surface area contributed by atoms with Gasteiger partial charge in [0, 0.05) is 19.5 Å². The lowest BCUT2D eigenvalue weighted by Crippen LogP contribution is -2.41. The molecule has 1 atom stereocenters. The van der Waals surface area contributed by atoms with Gasteiger partial charge < -0.3 is 25.8 Å². The molecule has 2 aromatic rings. The highest BCUT2D eigenvalue weighted by Crippen LogP contribution is 2.06. The van der Waals surface area contributed by atoms with Gasteiger partial charge in [-0.05, 0) is 43.2 Å². The van der Waals surface area contributed by atoms with Crippen molar-refractivity contribution in [3.8, 4) is 0 Å². The lowest BCUT2D eigenvalue weighted by molar-refractivity contribution is -0.145. The Morgan fingerprint density at radius 3 is 1.94 bits per heavy atom. The van der Waals surface area contributed by atoms with Crippen LogP contribution in [0.3, 0.4) is 0 Å². The number of unbranched alkanes of at least 4 members (excludes halogenated alkanes) is 3. The van der Waals surface area contributed by atoms with Gasteiger partial charge in [0.25, 0.3) is 0 Å². The Morgan fingerprint density at radius 1 is 0.714 bits per heavy atom. The zero-order chi connectivity index (χ0) is 25.1. The summed E-state index contributed by atoms with van der Waals surface area (Å²) >= 11 is 0. The summed E-state index contributed by atoms with van der Waals surface area (Å²) in [6.07, 6.45) is 4.20. The average molecular weight is 484 g/mol. The largest absolute Gasteiger partial charge is 0.461 e. The van der Waals surface area contributed by atoms with Gasteiger partial charge in [0.15, 0.2) is 0 Å². The van der Waals surface area contributed by atoms with Gasteiger partial charge in [0.2, 0.25) is 5.91 Å². The average Bonchev–Trinajstić information content (AvgIpc) is 2.89. The van der Waals surface area contributed by atoms with Crippen LogP contribution in [0.1, 0.15) is 56.1 Å². The number of benzene rings is 2. The van der Waals surface area contributed by atoms with Crippen molar-refractivity contribution in [1.29, 1.82) is 0 Å². The Hall–Kier alpha value is -3.39. The minimum atomic E-state index is -0.576. The highest BCUT2D eigenvalue weighted by atomic mass is 16.5. The maximum absolute atomic E-state index is 12.1. The summed E-state index contributed by atoms with van der Waals surface area (Å²) in [6, 6.07) is 18.5. The molecule has 0 aliphatic rings. The second-order valence-electron chi connectivity index (χ2n) is 8.34. The lowest BCUT2D eigenvalue weighted by Gasteiger charge is -2.12. The first kappa shape index (κ1) is 27.9. The van der Waals surface area contributed by atoms with E-state index in [4.69, 9.17) is 15.2 Å². The first-order valence-corrected chi connectivity index (χ1v) is 12.2. The van der Waals surface area contributed by atoms with Gasteiger partial charge in [0.05, 0.1) is 6.04 Å². The van der Waals surface area contributed by atoms with Gasteiger partial charge in [-0.1, -0.05) is 67.1 Å². The van der Waals surface area contributed by atoms with Gasteiger partial charge in [-0.2, -0.15) is 0 Å². The summed E-state index contributed by atoms with van der Waals surface area (Å²) in [4.78, 5) is 35.6. The number of esters is 1. The number of nitrogens with one attached hydrogen (secondary N) is 2. The Kier molecular flexibility index (Phi) is 13.6. The quantitative estimate of drug-likeness (QED) is 0.247. The Morgan fingerprint density at radius 2 is 1.29 bits per heavy atom. The van der Waals surface area contributed by atoms with Crippen molar-refractivity contribution < 1.29 is 23.9 Å². The fraction of sp³-hybridized carbons (Fsp3) is 0.444. The molecular weight excluding hydrogens is 446 g/mol. The minimum Gasteiger partial charge on any atom is -0.461 e. The smallest absolute Gasteiger partial charge is 0.407 e. The van der Waals surface area contributed by atoms with Gasteiger partial charge in [-0.15, -0.1) is 0 Å². The van der Waals surface area contributed by atoms with Crippen LogP contribution in [0, 0.1) is 0 Å². The van der Waals surface area contributed by atoms with Crippen molar-refractivity contribution >= 4 is 18.0 Å². The van der Waals surface area contributed by atoms with Crippen LogP contribution in [0.4, 0.5) is 4.79 Å². The van der Waals surface area contributed by atoms with Crippen molar-refractivity contribution in [2.75, 3.05) is 13.1 Å². The predicted molar refractivity (Wildman–Crippen MR) is 134 cm³/mol. The molecule has 0 spiro atoms. The molecule has 4 N–H and O–H groups in total. The van der Waals surface area contributed by atoms with Gasteiger partial charge in [-0.3, -0.25) is 9.59 Å². The van der Waals surface area contributed by atoms with Crippen LogP contribution in [0.15, 0.2) is 60.7 Å². The van der Waals surface area contributed by atoms with Crippen molar-refractivity contribution in [1.82, 2.24) is 10.6 Å². The molecule has 0 heterocycles. The second kappa shape index (κ2) is 17.1. The number of amides is 2. The van der Waals surface area contributed by atoms with Crippen molar-refractivity contribution in [3.63, 3.8) is 0 Å². The lowest BCUT2D eigenvalue weighted by atomic mass is 10.1. The van der Waals surface area contributed by atoms with E-state index >= 15 is 0 Å². The van der Waals surface area contributed by atoms with E-state index in [1.54, 1.807) is 0 Å². The molecule has 8 heteroatoms. The van der Waals surface area contributed by atoms with Crippen molar-refractivity contribution in [3.05, 3.63) is 71.8 Å². The zero-order valence-corrected chi connectivity index (χ0v) is 20.2. The molecule has 0 aliphatic carbocycles. The number of alkyl carbamates (subject to hydrolysis) is 1. The van der Waals surface area contributed by atoms with E-state index < -0.39 is 12.1 Å². The molecule has 8 nitrogen and oxygen atoms in total. The number of rotatable bonds is 16. The summed E-state index contributed by atoms with van der Waals surface area (Å²) in [6.45, 7) is 1.52.